The van der Waals surface area contributed by atoms with E-state index in [2.05, 4.69) is 41.5 Å². The van der Waals surface area contributed by atoms with Gasteiger partial charge in [0.25, 0.3) is 0 Å². The molecule has 0 saturated heterocycles. The smallest absolute Gasteiger partial charge is 0.191 e. The molecule has 0 aliphatic rings. The Morgan fingerprint density at radius 1 is 1.35 bits per heavy atom. The lowest BCUT2D eigenvalue weighted by Gasteiger charge is -2.13. The Morgan fingerprint density at radius 2 is 2.15 bits per heavy atom. The summed E-state index contributed by atoms with van der Waals surface area (Å²) in [5, 5.41) is 10.8. The molecule has 1 rings (SSSR count). The minimum absolute atomic E-state index is 0. The van der Waals surface area contributed by atoms with E-state index in [0.29, 0.717) is 5.92 Å². The number of hydrogen-bond donors (Lipinski definition) is 2. The molecule has 0 aromatic carbocycles. The zero-order valence-electron chi connectivity index (χ0n) is 12.8. The van der Waals surface area contributed by atoms with Crippen LogP contribution in [0.25, 0.3) is 0 Å². The molecule has 2 N–H and O–H groups in total. The fourth-order valence-corrected chi connectivity index (χ4v) is 1.76. The van der Waals surface area contributed by atoms with Gasteiger partial charge < -0.3 is 10.6 Å². The monoisotopic (exact) mass is 393 g/mol. The molecule has 0 saturated carbocycles. The average molecular weight is 393 g/mol. The normalized spacial score (nSPS) is 12.7. The number of unbranched alkanes of at least 4 members (excludes halogenated alkanes) is 1. The molecule has 116 valence electrons. The lowest BCUT2D eigenvalue weighted by atomic mass is 10.2. The first-order valence-electron chi connectivity index (χ1n) is 7.25. The van der Waals surface area contributed by atoms with Gasteiger partial charge in [0.1, 0.15) is 0 Å². The molecule has 0 amide bonds. The number of hydrogen-bond acceptors (Lipinski definition) is 2. The Bertz CT molecular complexity index is 350. The van der Waals surface area contributed by atoms with Gasteiger partial charge in [-0.1, -0.05) is 20.3 Å². The summed E-state index contributed by atoms with van der Waals surface area (Å²) in [6.07, 6.45) is 6.17. The summed E-state index contributed by atoms with van der Waals surface area (Å²) < 4.78 is 1.96. The number of nitrogens with zero attached hydrogens (tertiary/aromatic N) is 3. The highest BCUT2D eigenvalue weighted by atomic mass is 127. The molecule has 1 aromatic rings. The predicted octanol–water partition coefficient (Wildman–Crippen LogP) is 2.49. The van der Waals surface area contributed by atoms with Gasteiger partial charge in [-0.25, -0.2) is 0 Å². The fourth-order valence-electron chi connectivity index (χ4n) is 1.76. The Morgan fingerprint density at radius 3 is 2.75 bits per heavy atom. The highest BCUT2D eigenvalue weighted by Gasteiger charge is 2.03. The van der Waals surface area contributed by atoms with Crippen molar-refractivity contribution >= 4 is 29.9 Å². The van der Waals surface area contributed by atoms with Crippen LogP contribution < -0.4 is 10.6 Å². The van der Waals surface area contributed by atoms with Crippen LogP contribution in [0.3, 0.4) is 0 Å². The van der Waals surface area contributed by atoms with Gasteiger partial charge in [0.2, 0.25) is 0 Å². The minimum atomic E-state index is 0. The summed E-state index contributed by atoms with van der Waals surface area (Å²) in [4.78, 5) is 4.62. The molecular weight excluding hydrogens is 365 g/mol. The summed E-state index contributed by atoms with van der Waals surface area (Å²) in [6.45, 7) is 10.1. The van der Waals surface area contributed by atoms with Crippen molar-refractivity contribution in [3.8, 4) is 0 Å². The third kappa shape index (κ3) is 8.39. The maximum atomic E-state index is 4.62. The van der Waals surface area contributed by atoms with Crippen molar-refractivity contribution in [3.63, 3.8) is 0 Å². The van der Waals surface area contributed by atoms with Crippen LogP contribution in [0, 0.1) is 5.92 Å². The average Bonchev–Trinajstić information content (AvgIpc) is 2.89. The molecule has 1 atom stereocenters. The molecular formula is C14H28IN5. The number of halogens is 1. The van der Waals surface area contributed by atoms with E-state index in [9.17, 15) is 0 Å². The SMILES string of the molecule is CCCCNC(=NCC(C)Cn1cccn1)NCC.I. The van der Waals surface area contributed by atoms with Crippen LogP contribution in [0.1, 0.15) is 33.6 Å². The molecule has 1 heterocycles. The molecule has 0 spiro atoms. The van der Waals surface area contributed by atoms with E-state index in [1.165, 1.54) is 12.8 Å². The van der Waals surface area contributed by atoms with Gasteiger partial charge in [-0.2, -0.15) is 5.10 Å². The van der Waals surface area contributed by atoms with Crippen LogP contribution in [0.15, 0.2) is 23.5 Å². The molecule has 20 heavy (non-hydrogen) atoms. The number of aromatic nitrogens is 2. The van der Waals surface area contributed by atoms with Gasteiger partial charge in [-0.05, 0) is 25.3 Å². The van der Waals surface area contributed by atoms with Gasteiger partial charge >= 0.3 is 0 Å². The maximum Gasteiger partial charge on any atom is 0.191 e. The van der Waals surface area contributed by atoms with Crippen molar-refractivity contribution in [2.75, 3.05) is 19.6 Å². The van der Waals surface area contributed by atoms with Crippen LogP contribution in [0.4, 0.5) is 0 Å². The van der Waals surface area contributed by atoms with E-state index in [-0.39, 0.29) is 24.0 Å². The Kier molecular flexibility index (Phi) is 11.5. The lowest BCUT2D eigenvalue weighted by Crippen LogP contribution is -2.38. The van der Waals surface area contributed by atoms with Crippen LogP contribution in [-0.4, -0.2) is 35.4 Å². The number of rotatable bonds is 8. The largest absolute Gasteiger partial charge is 0.357 e. The molecule has 0 aliphatic carbocycles. The summed E-state index contributed by atoms with van der Waals surface area (Å²) in [5.74, 6) is 1.39. The van der Waals surface area contributed by atoms with Crippen LogP contribution in [0.2, 0.25) is 0 Å². The summed E-state index contributed by atoms with van der Waals surface area (Å²) in [6, 6.07) is 1.95. The maximum absolute atomic E-state index is 4.62. The van der Waals surface area contributed by atoms with Crippen LogP contribution in [-0.2, 0) is 6.54 Å². The second-order valence-corrected chi connectivity index (χ2v) is 4.83. The van der Waals surface area contributed by atoms with Gasteiger partial charge in [0, 0.05) is 38.6 Å². The van der Waals surface area contributed by atoms with Crippen LogP contribution >= 0.6 is 24.0 Å². The highest BCUT2D eigenvalue weighted by Crippen LogP contribution is 2.00. The van der Waals surface area contributed by atoms with E-state index >= 15 is 0 Å². The van der Waals surface area contributed by atoms with Gasteiger partial charge in [-0.3, -0.25) is 9.67 Å². The second kappa shape index (κ2) is 12.0. The Hall–Kier alpha value is -0.790. The third-order valence-electron chi connectivity index (χ3n) is 2.79. The van der Waals surface area contributed by atoms with Gasteiger partial charge in [0.05, 0.1) is 0 Å². The number of nitrogens with one attached hydrogen (secondary N) is 2. The first-order chi connectivity index (χ1) is 9.26. The van der Waals surface area contributed by atoms with E-state index in [0.717, 1.165) is 32.1 Å². The fraction of sp³-hybridized carbons (Fsp3) is 0.714. The predicted molar refractivity (Wildman–Crippen MR) is 95.7 cm³/mol. The third-order valence-corrected chi connectivity index (χ3v) is 2.79. The molecule has 0 fully saturated rings. The quantitative estimate of drug-likeness (QED) is 0.309. The molecule has 1 unspecified atom stereocenters. The van der Waals surface area contributed by atoms with E-state index < -0.39 is 0 Å². The van der Waals surface area contributed by atoms with E-state index in [1.807, 2.05) is 23.1 Å². The molecule has 0 radical (unpaired) electrons. The topological polar surface area (TPSA) is 54.2 Å². The first-order valence-corrected chi connectivity index (χ1v) is 7.25. The van der Waals surface area contributed by atoms with Crippen molar-refractivity contribution in [2.24, 2.45) is 10.9 Å². The zero-order valence-corrected chi connectivity index (χ0v) is 15.1. The molecule has 1 aromatic heterocycles. The second-order valence-electron chi connectivity index (χ2n) is 4.83. The van der Waals surface area contributed by atoms with E-state index in [4.69, 9.17) is 0 Å². The molecule has 0 aliphatic heterocycles. The standard InChI is InChI=1S/C14H27N5.HI/c1-4-6-8-16-14(15-5-2)17-11-13(3)12-19-10-7-9-18-19;/h7,9-10,13H,4-6,8,11-12H2,1-3H3,(H2,15,16,17);1H. The summed E-state index contributed by atoms with van der Waals surface area (Å²) in [5.41, 5.74) is 0. The van der Waals surface area contributed by atoms with Crippen molar-refractivity contribution in [3.05, 3.63) is 18.5 Å². The van der Waals surface area contributed by atoms with Crippen molar-refractivity contribution in [1.82, 2.24) is 20.4 Å². The minimum Gasteiger partial charge on any atom is -0.357 e. The lowest BCUT2D eigenvalue weighted by molar-refractivity contribution is 0.458. The highest BCUT2D eigenvalue weighted by molar-refractivity contribution is 14.0. The molecule has 0 bridgehead atoms. The summed E-state index contributed by atoms with van der Waals surface area (Å²) >= 11 is 0. The molecule has 5 nitrogen and oxygen atoms in total. The van der Waals surface area contributed by atoms with Gasteiger partial charge in [-0.15, -0.1) is 24.0 Å². The van der Waals surface area contributed by atoms with Crippen molar-refractivity contribution < 1.29 is 0 Å². The Labute approximate surface area is 139 Å². The van der Waals surface area contributed by atoms with Crippen molar-refractivity contribution in [2.45, 2.75) is 40.2 Å². The number of guanidine groups is 1. The first kappa shape index (κ1) is 19.2. The Balaban J connectivity index is 0.00000361. The molecule has 6 heteroatoms. The number of aliphatic imine (C=N–C) groups is 1. The van der Waals surface area contributed by atoms with E-state index in [1.54, 1.807) is 0 Å². The van der Waals surface area contributed by atoms with Crippen molar-refractivity contribution in [1.29, 1.82) is 0 Å². The van der Waals surface area contributed by atoms with Crippen LogP contribution in [0.5, 0.6) is 0 Å². The van der Waals surface area contributed by atoms with Gasteiger partial charge in [0.15, 0.2) is 5.96 Å². The summed E-state index contributed by atoms with van der Waals surface area (Å²) in [7, 11) is 0. The zero-order chi connectivity index (χ0) is 13.9.